The number of nitrogens with one attached hydrogen (secondary N) is 1. The first-order chi connectivity index (χ1) is 9.49. The molecule has 0 fully saturated rings. The van der Waals surface area contributed by atoms with Gasteiger partial charge in [-0.2, -0.15) is 0 Å². The Morgan fingerprint density at radius 3 is 2.65 bits per heavy atom. The average molecular weight is 275 g/mol. The van der Waals surface area contributed by atoms with Crippen molar-refractivity contribution in [2.24, 2.45) is 0 Å². The van der Waals surface area contributed by atoms with E-state index in [1.54, 1.807) is 24.3 Å². The predicted octanol–water partition coefficient (Wildman–Crippen LogP) is 1.59. The average Bonchev–Trinajstić information content (AvgIpc) is 2.81. The van der Waals surface area contributed by atoms with E-state index in [0.717, 1.165) is 0 Å². The van der Waals surface area contributed by atoms with E-state index in [-0.39, 0.29) is 6.42 Å². The van der Waals surface area contributed by atoms with Crippen LogP contribution in [0.25, 0.3) is 11.0 Å². The van der Waals surface area contributed by atoms with Gasteiger partial charge in [-0.15, -0.1) is 0 Å². The number of carbonyl (C=O) groups excluding carboxylic acids is 2. The molecule has 2 N–H and O–H groups in total. The molecule has 6 nitrogen and oxygen atoms in total. The number of benzene rings is 1. The minimum atomic E-state index is -1.25. The summed E-state index contributed by atoms with van der Waals surface area (Å²) < 4.78 is 5.24. The Bertz CT molecular complexity index is 673. The first-order valence-electron chi connectivity index (χ1n) is 5.98. The third kappa shape index (κ3) is 2.85. The van der Waals surface area contributed by atoms with Crippen LogP contribution in [0.5, 0.6) is 0 Å². The number of rotatable bonds is 5. The summed E-state index contributed by atoms with van der Waals surface area (Å²) in [5, 5.41) is 11.9. The van der Waals surface area contributed by atoms with Crippen molar-refractivity contribution in [2.45, 2.75) is 19.4 Å². The SMILES string of the molecule is CC(=O)NC(CC(=O)c1coc2ccccc12)C(=O)O. The molecule has 0 bridgehead atoms. The molecule has 0 aliphatic rings. The van der Waals surface area contributed by atoms with E-state index in [4.69, 9.17) is 9.52 Å². The van der Waals surface area contributed by atoms with Crippen molar-refractivity contribution in [1.29, 1.82) is 0 Å². The van der Waals surface area contributed by atoms with E-state index >= 15 is 0 Å². The van der Waals surface area contributed by atoms with Crippen molar-refractivity contribution in [1.82, 2.24) is 5.32 Å². The molecular weight excluding hydrogens is 262 g/mol. The summed E-state index contributed by atoms with van der Waals surface area (Å²) in [5.41, 5.74) is 0.874. The summed E-state index contributed by atoms with van der Waals surface area (Å²) in [7, 11) is 0. The Balaban J connectivity index is 2.22. The lowest BCUT2D eigenvalue weighted by molar-refractivity contribution is -0.141. The van der Waals surface area contributed by atoms with E-state index in [2.05, 4.69) is 5.32 Å². The highest BCUT2D eigenvalue weighted by molar-refractivity contribution is 6.08. The summed E-state index contributed by atoms with van der Waals surface area (Å²) in [4.78, 5) is 34.1. The number of furan rings is 1. The second-order valence-electron chi connectivity index (χ2n) is 4.36. The molecule has 1 aromatic heterocycles. The highest BCUT2D eigenvalue weighted by Crippen LogP contribution is 2.22. The Morgan fingerprint density at radius 1 is 1.30 bits per heavy atom. The number of carboxylic acid groups (broad SMARTS) is 1. The Hall–Kier alpha value is -2.63. The predicted molar refractivity (Wildman–Crippen MR) is 70.4 cm³/mol. The van der Waals surface area contributed by atoms with Crippen LogP contribution in [0.4, 0.5) is 0 Å². The lowest BCUT2D eigenvalue weighted by Gasteiger charge is -2.11. The second-order valence-corrected chi connectivity index (χ2v) is 4.36. The number of Topliss-reactive ketones (excluding diaryl/α,β-unsaturated/α-hetero) is 1. The van der Waals surface area contributed by atoms with Crippen LogP contribution in [0.15, 0.2) is 34.9 Å². The number of aliphatic carboxylic acids is 1. The number of para-hydroxylation sites is 1. The van der Waals surface area contributed by atoms with E-state index in [0.29, 0.717) is 16.5 Å². The van der Waals surface area contributed by atoms with Crippen LogP contribution in [0, 0.1) is 0 Å². The van der Waals surface area contributed by atoms with E-state index in [9.17, 15) is 14.4 Å². The molecule has 0 radical (unpaired) electrons. The van der Waals surface area contributed by atoms with Crippen molar-refractivity contribution >= 4 is 28.6 Å². The molecule has 0 saturated heterocycles. The number of hydrogen-bond donors (Lipinski definition) is 2. The van der Waals surface area contributed by atoms with Gasteiger partial charge in [-0.3, -0.25) is 9.59 Å². The molecule has 0 aliphatic carbocycles. The summed E-state index contributed by atoms with van der Waals surface area (Å²) in [6.07, 6.45) is 0.984. The van der Waals surface area contributed by atoms with E-state index in [1.807, 2.05) is 0 Å². The van der Waals surface area contributed by atoms with Crippen LogP contribution in [-0.4, -0.2) is 28.8 Å². The zero-order valence-corrected chi connectivity index (χ0v) is 10.8. The molecule has 104 valence electrons. The van der Waals surface area contributed by atoms with Crippen molar-refractivity contribution in [3.63, 3.8) is 0 Å². The molecule has 6 heteroatoms. The Labute approximate surface area is 114 Å². The van der Waals surface area contributed by atoms with Gasteiger partial charge >= 0.3 is 5.97 Å². The topological polar surface area (TPSA) is 96.6 Å². The van der Waals surface area contributed by atoms with Gasteiger partial charge in [-0.1, -0.05) is 18.2 Å². The van der Waals surface area contributed by atoms with Gasteiger partial charge in [0.2, 0.25) is 5.91 Å². The van der Waals surface area contributed by atoms with E-state index < -0.39 is 23.7 Å². The van der Waals surface area contributed by atoms with Crippen LogP contribution in [0.1, 0.15) is 23.7 Å². The molecule has 2 rings (SSSR count). The molecule has 0 saturated carbocycles. The zero-order chi connectivity index (χ0) is 14.7. The van der Waals surface area contributed by atoms with Gasteiger partial charge in [0.05, 0.1) is 5.56 Å². The molecule has 1 heterocycles. The molecule has 1 unspecified atom stereocenters. The van der Waals surface area contributed by atoms with Crippen LogP contribution >= 0.6 is 0 Å². The van der Waals surface area contributed by atoms with Gasteiger partial charge in [-0.25, -0.2) is 4.79 Å². The largest absolute Gasteiger partial charge is 0.480 e. The van der Waals surface area contributed by atoms with Gasteiger partial charge < -0.3 is 14.8 Å². The first kappa shape index (κ1) is 13.8. The molecule has 0 spiro atoms. The molecule has 2 aromatic rings. The first-order valence-corrected chi connectivity index (χ1v) is 5.98. The monoisotopic (exact) mass is 275 g/mol. The third-order valence-electron chi connectivity index (χ3n) is 2.85. The van der Waals surface area contributed by atoms with Gasteiger partial charge in [0.15, 0.2) is 5.78 Å². The highest BCUT2D eigenvalue weighted by Gasteiger charge is 2.24. The third-order valence-corrected chi connectivity index (χ3v) is 2.85. The van der Waals surface area contributed by atoms with E-state index in [1.165, 1.54) is 13.2 Å². The minimum Gasteiger partial charge on any atom is -0.480 e. The molecule has 1 aromatic carbocycles. The lowest BCUT2D eigenvalue weighted by Crippen LogP contribution is -2.41. The number of ketones is 1. The lowest BCUT2D eigenvalue weighted by atomic mass is 10.0. The molecule has 0 aliphatic heterocycles. The summed E-state index contributed by atoms with van der Waals surface area (Å²) in [6.45, 7) is 1.20. The van der Waals surface area contributed by atoms with Crippen LogP contribution in [-0.2, 0) is 9.59 Å². The zero-order valence-electron chi connectivity index (χ0n) is 10.8. The minimum absolute atomic E-state index is 0.317. The molecular formula is C14H13NO5. The number of carboxylic acids is 1. The Morgan fingerprint density at radius 2 is 2.00 bits per heavy atom. The summed E-state index contributed by atoms with van der Waals surface area (Å²) >= 11 is 0. The maximum absolute atomic E-state index is 12.1. The fraction of sp³-hybridized carbons (Fsp3) is 0.214. The van der Waals surface area contributed by atoms with Crippen LogP contribution in [0.2, 0.25) is 0 Å². The number of amides is 1. The van der Waals surface area contributed by atoms with Crippen molar-refractivity contribution in [2.75, 3.05) is 0 Å². The summed E-state index contributed by atoms with van der Waals surface area (Å²) in [6, 6.07) is 5.73. The van der Waals surface area contributed by atoms with Gasteiger partial charge in [0, 0.05) is 18.7 Å². The van der Waals surface area contributed by atoms with Gasteiger partial charge in [0.1, 0.15) is 17.9 Å². The fourth-order valence-electron chi connectivity index (χ4n) is 1.93. The van der Waals surface area contributed by atoms with Crippen LogP contribution in [0.3, 0.4) is 0 Å². The molecule has 1 atom stereocenters. The van der Waals surface area contributed by atoms with Crippen molar-refractivity contribution in [3.05, 3.63) is 36.1 Å². The normalized spacial score (nSPS) is 12.1. The van der Waals surface area contributed by atoms with Crippen molar-refractivity contribution < 1.29 is 23.9 Å². The van der Waals surface area contributed by atoms with Gasteiger partial charge in [-0.05, 0) is 6.07 Å². The smallest absolute Gasteiger partial charge is 0.326 e. The van der Waals surface area contributed by atoms with Crippen LogP contribution < -0.4 is 5.32 Å². The highest BCUT2D eigenvalue weighted by atomic mass is 16.4. The number of hydrogen-bond acceptors (Lipinski definition) is 4. The fourth-order valence-corrected chi connectivity index (χ4v) is 1.93. The quantitative estimate of drug-likeness (QED) is 0.808. The van der Waals surface area contributed by atoms with Crippen molar-refractivity contribution in [3.8, 4) is 0 Å². The molecule has 1 amide bonds. The van der Waals surface area contributed by atoms with Gasteiger partial charge in [0.25, 0.3) is 0 Å². The Kier molecular flexibility index (Phi) is 3.84. The maximum Gasteiger partial charge on any atom is 0.326 e. The second kappa shape index (κ2) is 5.56. The summed E-state index contributed by atoms with van der Waals surface area (Å²) in [5.74, 6) is -2.14. The maximum atomic E-state index is 12.1. The standard InChI is InChI=1S/C14H13NO5/c1-8(16)15-11(14(18)19)6-12(17)10-7-20-13-5-3-2-4-9(10)13/h2-5,7,11H,6H2,1H3,(H,15,16)(H,18,19). The molecule has 20 heavy (non-hydrogen) atoms. The number of fused-ring (bicyclic) bond motifs is 1. The number of carbonyl (C=O) groups is 3.